The molecule has 0 bridgehead atoms. The molecule has 0 aliphatic heterocycles. The molecule has 0 radical (unpaired) electrons. The summed E-state index contributed by atoms with van der Waals surface area (Å²) in [6.07, 6.45) is 5.75. The van der Waals surface area contributed by atoms with Crippen molar-refractivity contribution in [3.05, 3.63) is 46.0 Å². The average Bonchev–Trinajstić information content (AvgIpc) is 3.53. The van der Waals surface area contributed by atoms with Crippen LogP contribution in [-0.4, -0.2) is 37.8 Å². The van der Waals surface area contributed by atoms with Crippen molar-refractivity contribution in [1.82, 2.24) is 24.1 Å². The number of nitriles is 1. The van der Waals surface area contributed by atoms with Crippen LogP contribution in [0.4, 0.5) is 4.39 Å². The Morgan fingerprint density at radius 3 is 2.87 bits per heavy atom. The molecular weight excluding hydrogens is 403 g/mol. The van der Waals surface area contributed by atoms with Crippen molar-refractivity contribution in [1.29, 1.82) is 5.26 Å². The zero-order valence-electron chi connectivity index (χ0n) is 16.8. The number of benzene rings is 1. The van der Waals surface area contributed by atoms with Crippen LogP contribution in [0.5, 0.6) is 0 Å². The summed E-state index contributed by atoms with van der Waals surface area (Å²) < 4.78 is 27.8. The van der Waals surface area contributed by atoms with Crippen molar-refractivity contribution in [2.45, 2.75) is 38.1 Å². The number of ether oxygens (including phenoxy) is 1. The first-order valence-corrected chi connectivity index (χ1v) is 10.1. The molecule has 5 rings (SSSR count). The molecule has 0 N–H and O–H groups in total. The van der Waals surface area contributed by atoms with Crippen molar-refractivity contribution in [3.63, 3.8) is 0 Å². The molecule has 1 fully saturated rings. The van der Waals surface area contributed by atoms with E-state index in [1.54, 1.807) is 0 Å². The Morgan fingerprint density at radius 1 is 1.32 bits per heavy atom. The Morgan fingerprint density at radius 2 is 2.13 bits per heavy atom. The van der Waals surface area contributed by atoms with Gasteiger partial charge in [-0.25, -0.2) is 9.37 Å². The predicted octanol–water partition coefficient (Wildman–Crippen LogP) is 3.01. The number of rotatable bonds is 5. The second kappa shape index (κ2) is 7.59. The lowest BCUT2D eigenvalue weighted by molar-refractivity contribution is 0.187. The number of halogens is 1. The third kappa shape index (κ3) is 3.00. The third-order valence-corrected chi connectivity index (χ3v) is 5.85. The Hall–Kier alpha value is -3.58. The quantitative estimate of drug-likeness (QED) is 0.486. The number of nitrogens with zero attached hydrogens (tertiary/aromatic N) is 6. The molecule has 1 saturated carbocycles. The lowest BCUT2D eigenvalue weighted by Crippen LogP contribution is -2.25. The first-order chi connectivity index (χ1) is 15.1. The summed E-state index contributed by atoms with van der Waals surface area (Å²) in [6, 6.07) is 4.59. The molecule has 0 saturated heterocycles. The Balaban J connectivity index is 1.77. The zero-order valence-corrected chi connectivity index (χ0v) is 16.8. The van der Waals surface area contributed by atoms with Crippen LogP contribution in [0.3, 0.4) is 0 Å². The van der Waals surface area contributed by atoms with Crippen molar-refractivity contribution >= 4 is 16.6 Å². The van der Waals surface area contributed by atoms with E-state index in [1.807, 2.05) is 6.07 Å². The van der Waals surface area contributed by atoms with Crippen LogP contribution in [0, 0.1) is 17.1 Å². The summed E-state index contributed by atoms with van der Waals surface area (Å²) in [5, 5.41) is 13.6. The summed E-state index contributed by atoms with van der Waals surface area (Å²) in [5.74, 6) is 0.356. The van der Waals surface area contributed by atoms with Crippen LogP contribution < -0.4 is 5.56 Å². The van der Waals surface area contributed by atoms with Crippen LogP contribution in [0.2, 0.25) is 0 Å². The van der Waals surface area contributed by atoms with Gasteiger partial charge >= 0.3 is 0 Å². The van der Waals surface area contributed by atoms with E-state index in [-0.39, 0.29) is 47.3 Å². The summed E-state index contributed by atoms with van der Waals surface area (Å²) in [5.41, 5.74) is 0.499. The van der Waals surface area contributed by atoms with E-state index in [9.17, 15) is 14.4 Å². The van der Waals surface area contributed by atoms with Crippen LogP contribution in [-0.2, 0) is 11.3 Å². The maximum atomic E-state index is 14.3. The molecule has 1 aromatic carbocycles. The van der Waals surface area contributed by atoms with E-state index in [4.69, 9.17) is 9.26 Å². The number of methoxy groups -OCH3 is 1. The van der Waals surface area contributed by atoms with E-state index in [0.717, 1.165) is 25.7 Å². The lowest BCUT2D eigenvalue weighted by atomic mass is 10.1. The SMILES string of the molecule is COCCn1c(=O)c2c(-c3nc(C4CCCC4)no3)ncn2c2ccc(F)c(C#N)c21. The van der Waals surface area contributed by atoms with E-state index >= 15 is 0 Å². The topological polar surface area (TPSA) is 111 Å². The fourth-order valence-electron chi connectivity index (χ4n) is 4.33. The molecular formula is C21H19FN6O3. The molecule has 10 heteroatoms. The van der Waals surface area contributed by atoms with Gasteiger partial charge in [-0.15, -0.1) is 0 Å². The van der Waals surface area contributed by atoms with Crippen LogP contribution in [0.15, 0.2) is 27.8 Å². The number of hydrogen-bond acceptors (Lipinski definition) is 7. The average molecular weight is 422 g/mol. The van der Waals surface area contributed by atoms with Gasteiger partial charge in [-0.1, -0.05) is 18.0 Å². The van der Waals surface area contributed by atoms with Gasteiger partial charge in [-0.05, 0) is 25.0 Å². The molecule has 4 aromatic rings. The summed E-state index contributed by atoms with van der Waals surface area (Å²) in [6.45, 7) is 0.352. The minimum atomic E-state index is -0.696. The fourth-order valence-corrected chi connectivity index (χ4v) is 4.33. The van der Waals surface area contributed by atoms with Gasteiger partial charge in [-0.2, -0.15) is 10.2 Å². The normalized spacial score (nSPS) is 14.6. The van der Waals surface area contributed by atoms with Gasteiger partial charge in [0.2, 0.25) is 0 Å². The molecule has 0 atom stereocenters. The molecule has 31 heavy (non-hydrogen) atoms. The Bertz CT molecular complexity index is 1390. The highest BCUT2D eigenvalue weighted by atomic mass is 19.1. The van der Waals surface area contributed by atoms with Gasteiger partial charge in [0.05, 0.1) is 17.6 Å². The first-order valence-electron chi connectivity index (χ1n) is 10.1. The van der Waals surface area contributed by atoms with Crippen LogP contribution in [0.25, 0.3) is 28.1 Å². The van der Waals surface area contributed by atoms with E-state index < -0.39 is 11.4 Å². The highest BCUT2D eigenvalue weighted by molar-refractivity contribution is 5.87. The van der Waals surface area contributed by atoms with Crippen LogP contribution in [0.1, 0.15) is 43.0 Å². The van der Waals surface area contributed by atoms with Gasteiger partial charge in [-0.3, -0.25) is 9.20 Å². The van der Waals surface area contributed by atoms with E-state index in [1.165, 1.54) is 34.5 Å². The highest BCUT2D eigenvalue weighted by Crippen LogP contribution is 2.34. The molecule has 3 aromatic heterocycles. The first kappa shape index (κ1) is 19.4. The largest absolute Gasteiger partial charge is 0.383 e. The van der Waals surface area contributed by atoms with Gasteiger partial charge in [0.1, 0.15) is 29.3 Å². The maximum absolute atomic E-state index is 14.3. The van der Waals surface area contributed by atoms with Crippen LogP contribution >= 0.6 is 0 Å². The molecule has 9 nitrogen and oxygen atoms in total. The van der Waals surface area contributed by atoms with Crippen molar-refractivity contribution < 1.29 is 13.7 Å². The minimum absolute atomic E-state index is 0.141. The summed E-state index contributed by atoms with van der Waals surface area (Å²) in [7, 11) is 1.50. The molecule has 1 aliphatic rings. The second-order valence-electron chi connectivity index (χ2n) is 7.60. The Labute approximate surface area is 175 Å². The standard InChI is InChI=1S/C21H19FN6O3/c1-30-9-8-27-17-13(10-23)14(22)6-7-15(17)28-11-24-16(18(28)21(27)29)20-25-19(26-31-20)12-4-2-3-5-12/h6-7,11-12H,2-5,8-9H2,1H3. The Kier molecular flexibility index (Phi) is 4.75. The monoisotopic (exact) mass is 422 g/mol. The van der Waals surface area contributed by atoms with E-state index in [0.29, 0.717) is 11.3 Å². The van der Waals surface area contributed by atoms with Gasteiger partial charge < -0.3 is 13.8 Å². The molecule has 0 spiro atoms. The number of aromatic nitrogens is 5. The molecule has 158 valence electrons. The van der Waals surface area contributed by atoms with Gasteiger partial charge in [0, 0.05) is 19.6 Å². The molecule has 0 unspecified atom stereocenters. The predicted molar refractivity (Wildman–Crippen MR) is 108 cm³/mol. The third-order valence-electron chi connectivity index (χ3n) is 5.85. The van der Waals surface area contributed by atoms with Crippen molar-refractivity contribution in [2.75, 3.05) is 13.7 Å². The summed E-state index contributed by atoms with van der Waals surface area (Å²) >= 11 is 0. The van der Waals surface area contributed by atoms with Crippen molar-refractivity contribution in [3.8, 4) is 17.7 Å². The minimum Gasteiger partial charge on any atom is -0.383 e. The second-order valence-corrected chi connectivity index (χ2v) is 7.60. The van der Waals surface area contributed by atoms with Gasteiger partial charge in [0.15, 0.2) is 11.5 Å². The molecule has 1 aliphatic carbocycles. The smallest absolute Gasteiger partial charge is 0.278 e. The maximum Gasteiger partial charge on any atom is 0.278 e. The zero-order chi connectivity index (χ0) is 21.5. The number of imidazole rings is 1. The molecule has 0 amide bonds. The van der Waals surface area contributed by atoms with E-state index in [2.05, 4.69) is 15.1 Å². The highest BCUT2D eigenvalue weighted by Gasteiger charge is 2.26. The number of hydrogen-bond donors (Lipinski definition) is 0. The number of fused-ring (bicyclic) bond motifs is 3. The van der Waals surface area contributed by atoms with Crippen molar-refractivity contribution in [2.24, 2.45) is 0 Å². The fraction of sp³-hybridized carbons (Fsp3) is 0.381. The summed E-state index contributed by atoms with van der Waals surface area (Å²) in [4.78, 5) is 22.3. The van der Waals surface area contributed by atoms with Gasteiger partial charge in [0.25, 0.3) is 11.4 Å². The lowest BCUT2D eigenvalue weighted by Gasteiger charge is -2.13. The molecule has 3 heterocycles.